The molecular formula is C20H24F3N3O6. The molecule has 9 nitrogen and oxygen atoms in total. The van der Waals surface area contributed by atoms with Crippen molar-refractivity contribution in [3.63, 3.8) is 0 Å². The van der Waals surface area contributed by atoms with E-state index in [1.54, 1.807) is 18.2 Å². The summed E-state index contributed by atoms with van der Waals surface area (Å²) in [5.41, 5.74) is 1.44. The Balaban J connectivity index is 0.000000451. The lowest BCUT2D eigenvalue weighted by molar-refractivity contribution is -0.192. The summed E-state index contributed by atoms with van der Waals surface area (Å²) in [6.45, 7) is 3.25. The smallest absolute Gasteiger partial charge is 0.481 e. The summed E-state index contributed by atoms with van der Waals surface area (Å²) in [7, 11) is 2.04. The molecule has 2 fully saturated rings. The van der Waals surface area contributed by atoms with E-state index in [4.69, 9.17) is 15.0 Å². The van der Waals surface area contributed by atoms with Crippen LogP contribution < -0.4 is 5.32 Å². The zero-order valence-electron chi connectivity index (χ0n) is 17.3. The number of halogens is 3. The first-order chi connectivity index (χ1) is 14.9. The van der Waals surface area contributed by atoms with Gasteiger partial charge in [0.1, 0.15) is 0 Å². The van der Waals surface area contributed by atoms with Gasteiger partial charge in [0.25, 0.3) is 0 Å². The number of amides is 2. The van der Waals surface area contributed by atoms with Crippen molar-refractivity contribution in [2.45, 2.75) is 19.0 Å². The lowest BCUT2D eigenvalue weighted by Gasteiger charge is -2.32. The van der Waals surface area contributed by atoms with E-state index >= 15 is 0 Å². The number of carbonyl (C=O) groups excluding carboxylic acids is 2. The van der Waals surface area contributed by atoms with Crippen LogP contribution in [0.2, 0.25) is 0 Å². The highest BCUT2D eigenvalue weighted by molar-refractivity contribution is 5.98. The summed E-state index contributed by atoms with van der Waals surface area (Å²) in [5, 5.41) is 18.8. The van der Waals surface area contributed by atoms with E-state index in [1.165, 1.54) is 0 Å². The van der Waals surface area contributed by atoms with Gasteiger partial charge in [0.2, 0.25) is 11.8 Å². The predicted octanol–water partition coefficient (Wildman–Crippen LogP) is 1.30. The molecule has 1 heterocycles. The molecule has 0 unspecified atom stereocenters. The molecular weight excluding hydrogens is 435 g/mol. The summed E-state index contributed by atoms with van der Waals surface area (Å²) in [5.74, 6) is -4.88. The Morgan fingerprint density at radius 3 is 2.16 bits per heavy atom. The Kier molecular flexibility index (Phi) is 8.19. The third kappa shape index (κ3) is 7.52. The van der Waals surface area contributed by atoms with E-state index in [0.717, 1.165) is 31.7 Å². The normalized spacial score (nSPS) is 20.6. The molecule has 1 aromatic rings. The molecule has 32 heavy (non-hydrogen) atoms. The van der Waals surface area contributed by atoms with Crippen molar-refractivity contribution in [2.75, 3.05) is 38.5 Å². The molecule has 0 bridgehead atoms. The number of carboxylic acids is 2. The molecule has 0 aromatic heterocycles. The minimum atomic E-state index is -5.08. The number of nitrogens with one attached hydrogen (secondary N) is 1. The fourth-order valence-electron chi connectivity index (χ4n) is 3.09. The van der Waals surface area contributed by atoms with Crippen LogP contribution in [0.4, 0.5) is 18.9 Å². The van der Waals surface area contributed by atoms with E-state index in [-0.39, 0.29) is 11.8 Å². The Morgan fingerprint density at radius 1 is 1.06 bits per heavy atom. The van der Waals surface area contributed by atoms with Crippen LogP contribution in [0.1, 0.15) is 12.0 Å². The van der Waals surface area contributed by atoms with Gasteiger partial charge >= 0.3 is 18.1 Å². The molecule has 12 heteroatoms. The zero-order valence-corrected chi connectivity index (χ0v) is 17.3. The van der Waals surface area contributed by atoms with Gasteiger partial charge in [0.05, 0.1) is 18.3 Å². The molecule has 2 atom stereocenters. The van der Waals surface area contributed by atoms with Crippen LogP contribution >= 0.6 is 0 Å². The van der Waals surface area contributed by atoms with E-state index in [0.29, 0.717) is 18.5 Å². The molecule has 1 saturated carbocycles. The number of alkyl halides is 3. The molecule has 2 amide bonds. The minimum Gasteiger partial charge on any atom is -0.481 e. The Morgan fingerprint density at radius 2 is 1.66 bits per heavy atom. The number of rotatable bonds is 5. The maximum absolute atomic E-state index is 12.4. The van der Waals surface area contributed by atoms with E-state index < -0.39 is 30.0 Å². The second kappa shape index (κ2) is 10.4. The van der Waals surface area contributed by atoms with Crippen LogP contribution in [0.3, 0.4) is 0 Å². The Hall–Kier alpha value is -3.15. The standard InChI is InChI=1S/C18H23N3O4.C2HF3O2/c1-20-5-7-21(8-6-20)16(22)10-12-3-2-4-13(9-12)19-17(23)14-11-15(14)18(24)25;3-2(4,5)1(6)7/h2-4,9,14-15H,5-8,10-11H2,1H3,(H,19,23)(H,24,25);(H,6,7)/t14-,15-;/m1./s1. The molecule has 1 aromatic carbocycles. The topological polar surface area (TPSA) is 127 Å². The zero-order chi connectivity index (χ0) is 24.1. The Bertz CT molecular complexity index is 868. The molecule has 176 valence electrons. The van der Waals surface area contributed by atoms with Gasteiger partial charge in [0, 0.05) is 31.9 Å². The fraction of sp³-hybridized carbons (Fsp3) is 0.500. The van der Waals surface area contributed by atoms with Gasteiger partial charge < -0.3 is 25.3 Å². The van der Waals surface area contributed by atoms with Crippen molar-refractivity contribution in [1.29, 1.82) is 0 Å². The number of likely N-dealkylation sites (N-methyl/N-ethyl adjacent to an activating group) is 1. The van der Waals surface area contributed by atoms with Gasteiger partial charge in [-0.05, 0) is 31.2 Å². The van der Waals surface area contributed by atoms with Gasteiger partial charge in [-0.25, -0.2) is 4.79 Å². The quantitative estimate of drug-likeness (QED) is 0.606. The van der Waals surface area contributed by atoms with Crippen LogP contribution in [0, 0.1) is 11.8 Å². The van der Waals surface area contributed by atoms with Crippen molar-refractivity contribution >= 4 is 29.4 Å². The van der Waals surface area contributed by atoms with E-state index in [2.05, 4.69) is 10.2 Å². The summed E-state index contributed by atoms with van der Waals surface area (Å²) in [6.07, 6.45) is -4.39. The lowest BCUT2D eigenvalue weighted by Crippen LogP contribution is -2.47. The molecule has 3 N–H and O–H groups in total. The average molecular weight is 459 g/mol. The number of hydrogen-bond donors (Lipinski definition) is 3. The van der Waals surface area contributed by atoms with Crippen molar-refractivity contribution in [3.05, 3.63) is 29.8 Å². The third-order valence-electron chi connectivity index (χ3n) is 5.09. The number of piperazine rings is 1. The summed E-state index contributed by atoms with van der Waals surface area (Å²) < 4.78 is 31.7. The first-order valence-electron chi connectivity index (χ1n) is 9.77. The van der Waals surface area contributed by atoms with Gasteiger partial charge in [-0.1, -0.05) is 12.1 Å². The second-order valence-corrected chi connectivity index (χ2v) is 7.64. The summed E-state index contributed by atoms with van der Waals surface area (Å²) in [6, 6.07) is 7.19. The third-order valence-corrected chi connectivity index (χ3v) is 5.09. The van der Waals surface area contributed by atoms with Crippen molar-refractivity contribution in [3.8, 4) is 0 Å². The van der Waals surface area contributed by atoms with Crippen LogP contribution in [0.5, 0.6) is 0 Å². The van der Waals surface area contributed by atoms with Crippen molar-refractivity contribution in [1.82, 2.24) is 9.80 Å². The minimum absolute atomic E-state index is 0.0877. The summed E-state index contributed by atoms with van der Waals surface area (Å²) >= 11 is 0. The largest absolute Gasteiger partial charge is 0.490 e. The molecule has 1 aliphatic heterocycles. The molecule has 0 radical (unpaired) electrons. The van der Waals surface area contributed by atoms with Crippen molar-refractivity contribution < 1.29 is 42.6 Å². The predicted molar refractivity (Wildman–Crippen MR) is 106 cm³/mol. The van der Waals surface area contributed by atoms with Gasteiger partial charge in [-0.15, -0.1) is 0 Å². The number of nitrogens with zero attached hydrogens (tertiary/aromatic N) is 2. The van der Waals surface area contributed by atoms with Crippen molar-refractivity contribution in [2.24, 2.45) is 11.8 Å². The fourth-order valence-corrected chi connectivity index (χ4v) is 3.09. The second-order valence-electron chi connectivity index (χ2n) is 7.64. The van der Waals surface area contributed by atoms with Crippen LogP contribution in [0.25, 0.3) is 0 Å². The van der Waals surface area contributed by atoms with Gasteiger partial charge in [0.15, 0.2) is 0 Å². The number of aliphatic carboxylic acids is 2. The number of benzene rings is 1. The van der Waals surface area contributed by atoms with Gasteiger partial charge in [-0.3, -0.25) is 14.4 Å². The first-order valence-corrected chi connectivity index (χ1v) is 9.77. The first kappa shape index (κ1) is 25.1. The molecule has 3 rings (SSSR count). The SMILES string of the molecule is CN1CCN(C(=O)Cc2cccc(NC(=O)[C@@H]3C[C@H]3C(=O)O)c2)CC1.O=C(O)C(F)(F)F. The highest BCUT2D eigenvalue weighted by atomic mass is 19.4. The highest BCUT2D eigenvalue weighted by Crippen LogP contribution is 2.39. The number of carbonyl (C=O) groups is 4. The van der Waals surface area contributed by atoms with E-state index in [9.17, 15) is 27.6 Å². The van der Waals surface area contributed by atoms with Crippen LogP contribution in [0.15, 0.2) is 24.3 Å². The molecule has 2 aliphatic rings. The van der Waals surface area contributed by atoms with Crippen LogP contribution in [-0.2, 0) is 25.6 Å². The number of anilines is 1. The highest BCUT2D eigenvalue weighted by Gasteiger charge is 2.48. The number of hydrogen-bond acceptors (Lipinski definition) is 5. The maximum atomic E-state index is 12.4. The van der Waals surface area contributed by atoms with Gasteiger partial charge in [-0.2, -0.15) is 13.2 Å². The number of carboxylic acid groups (broad SMARTS) is 2. The molecule has 1 saturated heterocycles. The monoisotopic (exact) mass is 459 g/mol. The van der Waals surface area contributed by atoms with E-state index in [1.807, 2.05) is 18.0 Å². The molecule has 0 spiro atoms. The average Bonchev–Trinajstić information content (AvgIpc) is 3.50. The van der Waals surface area contributed by atoms with Crippen LogP contribution in [-0.4, -0.2) is 83.2 Å². The molecule has 1 aliphatic carbocycles. The Labute approximate surface area is 181 Å². The lowest BCUT2D eigenvalue weighted by atomic mass is 10.1. The maximum Gasteiger partial charge on any atom is 0.490 e. The summed E-state index contributed by atoms with van der Waals surface area (Å²) in [4.78, 5) is 48.3.